The van der Waals surface area contributed by atoms with Crippen LogP contribution in [-0.2, 0) is 15.8 Å². The number of anilines is 1. The van der Waals surface area contributed by atoms with Crippen molar-refractivity contribution in [3.8, 4) is 0 Å². The fourth-order valence-electron chi connectivity index (χ4n) is 1.48. The number of nitro groups is 1. The van der Waals surface area contributed by atoms with E-state index in [1.807, 2.05) is 5.32 Å². The monoisotopic (exact) mass is 274 g/mol. The molecule has 0 saturated carbocycles. The number of carbonyl (C=O) groups is 2. The maximum atomic E-state index is 12.7. The maximum absolute atomic E-state index is 12.7. The quantitative estimate of drug-likeness (QED) is 0.474. The maximum Gasteiger partial charge on any atom is 0.418 e. The van der Waals surface area contributed by atoms with Crippen molar-refractivity contribution in [3.05, 3.63) is 27.8 Å². The lowest BCUT2D eigenvalue weighted by Gasteiger charge is -2.19. The van der Waals surface area contributed by atoms with Crippen LogP contribution in [0.5, 0.6) is 0 Å². The molecular weight excluding hydrogens is 271 g/mol. The molecule has 2 amide bonds. The highest BCUT2D eigenvalue weighted by Gasteiger charge is 2.40. The van der Waals surface area contributed by atoms with Gasteiger partial charge in [-0.05, 0) is 0 Å². The van der Waals surface area contributed by atoms with E-state index < -0.39 is 45.5 Å². The van der Waals surface area contributed by atoms with E-state index in [2.05, 4.69) is 5.32 Å². The van der Waals surface area contributed by atoms with E-state index in [0.29, 0.717) is 6.07 Å². The molecule has 0 atom stereocenters. The highest BCUT2D eigenvalue weighted by Crippen LogP contribution is 2.42. The van der Waals surface area contributed by atoms with Crippen LogP contribution >= 0.6 is 0 Å². The minimum atomic E-state index is -4.94. The molecule has 1 radical (unpaired) electrons. The highest BCUT2D eigenvalue weighted by atomic mass is 19.4. The number of benzene rings is 1. The van der Waals surface area contributed by atoms with Crippen LogP contribution in [0.15, 0.2) is 12.1 Å². The van der Waals surface area contributed by atoms with Gasteiger partial charge in [-0.15, -0.1) is 0 Å². The second kappa shape index (κ2) is 3.93. The molecule has 10 heteroatoms. The van der Waals surface area contributed by atoms with Crippen LogP contribution in [0.1, 0.15) is 5.56 Å². The molecule has 1 aromatic carbocycles. The van der Waals surface area contributed by atoms with Gasteiger partial charge in [-0.2, -0.15) is 13.2 Å². The largest absolute Gasteiger partial charge is 0.418 e. The fourth-order valence-corrected chi connectivity index (χ4v) is 1.48. The van der Waals surface area contributed by atoms with Gasteiger partial charge < -0.3 is 5.32 Å². The molecule has 0 bridgehead atoms. The lowest BCUT2D eigenvalue weighted by molar-refractivity contribution is -0.385. The Morgan fingerprint density at radius 2 is 1.89 bits per heavy atom. The second-order valence-electron chi connectivity index (χ2n) is 3.52. The van der Waals surface area contributed by atoms with Gasteiger partial charge in [0.05, 0.1) is 16.2 Å². The van der Waals surface area contributed by atoms with Gasteiger partial charge in [0, 0.05) is 12.1 Å². The zero-order valence-electron chi connectivity index (χ0n) is 8.82. The van der Waals surface area contributed by atoms with Gasteiger partial charge in [0.2, 0.25) is 0 Å². The Hall–Kier alpha value is -2.65. The molecule has 7 nitrogen and oxygen atoms in total. The van der Waals surface area contributed by atoms with E-state index in [0.717, 1.165) is 0 Å². The van der Waals surface area contributed by atoms with E-state index in [9.17, 15) is 32.9 Å². The zero-order valence-corrected chi connectivity index (χ0v) is 8.82. The van der Waals surface area contributed by atoms with Crippen molar-refractivity contribution in [1.82, 2.24) is 5.32 Å². The van der Waals surface area contributed by atoms with Crippen LogP contribution in [0.4, 0.5) is 30.2 Å². The summed E-state index contributed by atoms with van der Waals surface area (Å²) < 4.78 is 38.2. The van der Waals surface area contributed by atoms with Crippen LogP contribution in [0.25, 0.3) is 0 Å². The minimum absolute atomic E-state index is 0.257. The van der Waals surface area contributed by atoms with E-state index in [1.165, 1.54) is 0 Å². The van der Waals surface area contributed by atoms with Gasteiger partial charge in [0.15, 0.2) is 0 Å². The number of halogens is 3. The number of hydrogen-bond donors (Lipinski definition) is 1. The first-order valence-corrected chi connectivity index (χ1v) is 4.67. The molecule has 2 rings (SSSR count). The summed E-state index contributed by atoms with van der Waals surface area (Å²) in [6, 6.07) is 0.964. The SMILES string of the molecule is O=C1[N]c2c(cc([N+](=O)[O-])cc2C(F)(F)F)NC1=O. The molecule has 1 heterocycles. The number of rotatable bonds is 1. The Morgan fingerprint density at radius 3 is 2.42 bits per heavy atom. The van der Waals surface area contributed by atoms with Crippen LogP contribution in [0.3, 0.4) is 0 Å². The van der Waals surface area contributed by atoms with Crippen molar-refractivity contribution >= 4 is 28.9 Å². The molecule has 99 valence electrons. The number of nitrogens with zero attached hydrogens (tertiary/aromatic N) is 2. The summed E-state index contributed by atoms with van der Waals surface area (Å²) >= 11 is 0. The van der Waals surface area contributed by atoms with Crippen molar-refractivity contribution in [1.29, 1.82) is 0 Å². The summed E-state index contributed by atoms with van der Waals surface area (Å²) in [7, 11) is 0. The molecule has 1 aliphatic rings. The first-order chi connectivity index (χ1) is 8.70. The van der Waals surface area contributed by atoms with Crippen LogP contribution in [0.2, 0.25) is 0 Å². The van der Waals surface area contributed by atoms with Crippen molar-refractivity contribution < 1.29 is 27.7 Å². The van der Waals surface area contributed by atoms with E-state index in [-0.39, 0.29) is 6.07 Å². The number of carbonyl (C=O) groups excluding carboxylic acids is 2. The summed E-state index contributed by atoms with van der Waals surface area (Å²) in [4.78, 5) is 31.5. The Bertz CT molecular complexity index is 611. The summed E-state index contributed by atoms with van der Waals surface area (Å²) in [5.41, 5.74) is -3.67. The Balaban J connectivity index is 2.69. The molecule has 0 aliphatic carbocycles. The lowest BCUT2D eigenvalue weighted by Crippen LogP contribution is -2.34. The molecule has 0 unspecified atom stereocenters. The Kier molecular flexibility index (Phi) is 2.65. The number of nitro benzene ring substituents is 1. The van der Waals surface area contributed by atoms with E-state index in [1.54, 1.807) is 0 Å². The molecule has 0 spiro atoms. The predicted molar refractivity (Wildman–Crippen MR) is 53.5 cm³/mol. The average Bonchev–Trinajstić information content (AvgIpc) is 2.27. The van der Waals surface area contributed by atoms with Crippen molar-refractivity contribution in [2.45, 2.75) is 6.18 Å². The molecule has 1 N–H and O–H groups in total. The van der Waals surface area contributed by atoms with Gasteiger partial charge in [-0.25, -0.2) is 5.32 Å². The molecule has 0 fully saturated rings. The number of amides is 2. The predicted octanol–water partition coefficient (Wildman–Crippen LogP) is 1.33. The smallest absolute Gasteiger partial charge is 0.316 e. The summed E-state index contributed by atoms with van der Waals surface area (Å²) in [5, 5.41) is 15.4. The van der Waals surface area contributed by atoms with Crippen LogP contribution < -0.4 is 10.6 Å². The first kappa shape index (κ1) is 12.8. The van der Waals surface area contributed by atoms with Gasteiger partial charge >= 0.3 is 18.0 Å². The van der Waals surface area contributed by atoms with Gasteiger partial charge in [-0.1, -0.05) is 0 Å². The number of non-ortho nitro benzene ring substituents is 1. The van der Waals surface area contributed by atoms with Crippen molar-refractivity contribution in [2.75, 3.05) is 5.32 Å². The average molecular weight is 274 g/mol. The van der Waals surface area contributed by atoms with Crippen molar-refractivity contribution in [3.63, 3.8) is 0 Å². The van der Waals surface area contributed by atoms with Gasteiger partial charge in [-0.3, -0.25) is 19.7 Å². The fraction of sp³-hybridized carbons (Fsp3) is 0.111. The van der Waals surface area contributed by atoms with Crippen LogP contribution in [0, 0.1) is 10.1 Å². The molecule has 19 heavy (non-hydrogen) atoms. The summed E-state index contributed by atoms with van der Waals surface area (Å²) in [6.07, 6.45) is -4.94. The topological polar surface area (TPSA) is 103 Å². The third-order valence-electron chi connectivity index (χ3n) is 2.27. The highest BCUT2D eigenvalue weighted by molar-refractivity contribution is 6.42. The lowest BCUT2D eigenvalue weighted by atomic mass is 10.1. The third-order valence-corrected chi connectivity index (χ3v) is 2.27. The molecular formula is C9H3F3N3O4. The standard InChI is InChI=1S/C9H3F3N3O4/c10-9(11,12)4-1-3(15(18)19)2-5-6(4)14-8(17)7(16)13-5/h1-2H,(H,13,16). The van der Waals surface area contributed by atoms with Crippen LogP contribution in [-0.4, -0.2) is 16.7 Å². The minimum Gasteiger partial charge on any atom is -0.316 e. The van der Waals surface area contributed by atoms with E-state index in [4.69, 9.17) is 0 Å². The number of nitrogens with one attached hydrogen (secondary N) is 1. The Labute approximate surface area is 102 Å². The molecule has 1 aromatic rings. The normalized spacial score (nSPS) is 14.5. The van der Waals surface area contributed by atoms with Crippen molar-refractivity contribution in [2.24, 2.45) is 0 Å². The third kappa shape index (κ3) is 2.19. The van der Waals surface area contributed by atoms with E-state index >= 15 is 0 Å². The van der Waals surface area contributed by atoms with Gasteiger partial charge in [0.25, 0.3) is 5.69 Å². The summed E-state index contributed by atoms with van der Waals surface area (Å²) in [6.45, 7) is 0. The van der Waals surface area contributed by atoms with Gasteiger partial charge in [0.1, 0.15) is 5.69 Å². The molecule has 0 aromatic heterocycles. The summed E-state index contributed by atoms with van der Waals surface area (Å²) in [5.74, 6) is -2.65. The number of hydrogen-bond acceptors (Lipinski definition) is 4. The first-order valence-electron chi connectivity index (χ1n) is 4.67. The molecule has 0 saturated heterocycles. The second-order valence-corrected chi connectivity index (χ2v) is 3.52. The number of fused-ring (bicyclic) bond motifs is 1. The zero-order chi connectivity index (χ0) is 14.4. The molecule has 1 aliphatic heterocycles. The Morgan fingerprint density at radius 1 is 1.26 bits per heavy atom. The number of alkyl halides is 3.